The fourth-order valence-corrected chi connectivity index (χ4v) is 2.73. The summed E-state index contributed by atoms with van der Waals surface area (Å²) in [6.45, 7) is 4.46. The fourth-order valence-electron chi connectivity index (χ4n) is 2.73. The zero-order valence-electron chi connectivity index (χ0n) is 10.3. The van der Waals surface area contributed by atoms with Crippen LogP contribution in [0, 0.1) is 5.92 Å². The van der Waals surface area contributed by atoms with Crippen LogP contribution in [0.3, 0.4) is 0 Å². The van der Waals surface area contributed by atoms with Crippen LogP contribution < -0.4 is 0 Å². The van der Waals surface area contributed by atoms with E-state index in [1.807, 2.05) is 6.20 Å². The molecule has 2 rings (SSSR count). The lowest BCUT2D eigenvalue weighted by atomic mass is 9.84. The molecule has 1 aromatic rings. The predicted molar refractivity (Wildman–Crippen MR) is 64.3 cm³/mol. The van der Waals surface area contributed by atoms with Crippen LogP contribution in [0.1, 0.15) is 51.4 Å². The molecule has 0 aliphatic heterocycles. The molecular weight excluding hydrogens is 200 g/mol. The van der Waals surface area contributed by atoms with E-state index < -0.39 is 0 Å². The lowest BCUT2D eigenvalue weighted by Gasteiger charge is -2.33. The molecule has 0 bridgehead atoms. The van der Waals surface area contributed by atoms with Crippen LogP contribution in [0.2, 0.25) is 0 Å². The van der Waals surface area contributed by atoms with E-state index in [1.54, 1.807) is 0 Å². The van der Waals surface area contributed by atoms with Gasteiger partial charge in [0.25, 0.3) is 0 Å². The maximum atomic E-state index is 9.78. The van der Waals surface area contributed by atoms with Gasteiger partial charge in [0.1, 0.15) is 5.82 Å². The van der Waals surface area contributed by atoms with Crippen molar-refractivity contribution in [3.63, 3.8) is 0 Å². The van der Waals surface area contributed by atoms with E-state index in [9.17, 15) is 5.11 Å². The summed E-state index contributed by atoms with van der Waals surface area (Å²) in [7, 11) is 0. The Morgan fingerprint density at radius 2 is 2.31 bits per heavy atom. The quantitative estimate of drug-likeness (QED) is 0.853. The van der Waals surface area contributed by atoms with E-state index in [0.29, 0.717) is 12.0 Å². The molecule has 1 aliphatic rings. The number of hydrogen-bond acceptors (Lipinski definition) is 2. The van der Waals surface area contributed by atoms with Crippen molar-refractivity contribution in [1.29, 1.82) is 0 Å². The summed E-state index contributed by atoms with van der Waals surface area (Å²) in [5, 5.41) is 9.78. The third-order valence-corrected chi connectivity index (χ3v) is 3.71. The molecule has 1 aromatic heterocycles. The van der Waals surface area contributed by atoms with Crippen molar-refractivity contribution in [3.05, 3.63) is 18.2 Å². The molecule has 0 amide bonds. The molecule has 1 saturated carbocycles. The smallest absolute Gasteiger partial charge is 0.108 e. The number of rotatable bonds is 3. The second kappa shape index (κ2) is 5.00. The first-order valence-electron chi connectivity index (χ1n) is 6.42. The Morgan fingerprint density at radius 3 is 3.06 bits per heavy atom. The van der Waals surface area contributed by atoms with Gasteiger partial charge in [0.2, 0.25) is 0 Å². The van der Waals surface area contributed by atoms with Crippen molar-refractivity contribution >= 4 is 0 Å². The average molecular weight is 222 g/mol. The first-order valence-corrected chi connectivity index (χ1v) is 6.42. The normalized spacial score (nSPS) is 30.6. The van der Waals surface area contributed by atoms with Crippen molar-refractivity contribution in [1.82, 2.24) is 9.55 Å². The van der Waals surface area contributed by atoms with Gasteiger partial charge in [-0.3, -0.25) is 0 Å². The standard InChI is InChI=1S/C13H22N2O/c1-3-4-13-14-7-8-15(13)12-9-11(16)6-5-10(12)2/h7-8,10-12,16H,3-6,9H2,1-2H3. The lowest BCUT2D eigenvalue weighted by Crippen LogP contribution is -2.29. The van der Waals surface area contributed by atoms with Crippen LogP contribution in [0.4, 0.5) is 0 Å². The number of aliphatic hydroxyl groups excluding tert-OH is 1. The minimum absolute atomic E-state index is 0.127. The second-order valence-electron chi connectivity index (χ2n) is 5.01. The van der Waals surface area contributed by atoms with Gasteiger partial charge in [0.15, 0.2) is 0 Å². The maximum absolute atomic E-state index is 9.78. The van der Waals surface area contributed by atoms with E-state index in [1.165, 1.54) is 5.82 Å². The van der Waals surface area contributed by atoms with Crippen molar-refractivity contribution in [2.45, 2.75) is 58.1 Å². The summed E-state index contributed by atoms with van der Waals surface area (Å²) in [6, 6.07) is 0.438. The van der Waals surface area contributed by atoms with Gasteiger partial charge >= 0.3 is 0 Å². The van der Waals surface area contributed by atoms with Crippen LogP contribution in [0.15, 0.2) is 12.4 Å². The molecule has 16 heavy (non-hydrogen) atoms. The highest BCUT2D eigenvalue weighted by molar-refractivity contribution is 4.98. The molecule has 3 unspecified atom stereocenters. The summed E-state index contributed by atoms with van der Waals surface area (Å²) < 4.78 is 2.29. The monoisotopic (exact) mass is 222 g/mol. The van der Waals surface area contributed by atoms with Gasteiger partial charge in [0, 0.05) is 24.9 Å². The molecule has 0 saturated heterocycles. The predicted octanol–water partition coefficient (Wildman–Crippen LogP) is 2.56. The Balaban J connectivity index is 2.17. The van der Waals surface area contributed by atoms with Crippen LogP contribution in [0.25, 0.3) is 0 Å². The van der Waals surface area contributed by atoms with Crippen LogP contribution in [0.5, 0.6) is 0 Å². The van der Waals surface area contributed by atoms with Gasteiger partial charge in [-0.25, -0.2) is 4.98 Å². The van der Waals surface area contributed by atoms with Crippen LogP contribution in [-0.4, -0.2) is 20.8 Å². The molecular formula is C13H22N2O. The van der Waals surface area contributed by atoms with Gasteiger partial charge in [-0.15, -0.1) is 0 Å². The van der Waals surface area contributed by atoms with Crippen LogP contribution >= 0.6 is 0 Å². The second-order valence-corrected chi connectivity index (χ2v) is 5.01. The van der Waals surface area contributed by atoms with Crippen molar-refractivity contribution in [2.75, 3.05) is 0 Å². The van der Waals surface area contributed by atoms with Gasteiger partial charge in [-0.2, -0.15) is 0 Å². The minimum atomic E-state index is -0.127. The summed E-state index contributed by atoms with van der Waals surface area (Å²) in [5.74, 6) is 1.82. The summed E-state index contributed by atoms with van der Waals surface area (Å²) in [6.07, 6.45) is 8.95. The van der Waals surface area contributed by atoms with Gasteiger partial charge in [0.05, 0.1) is 6.10 Å². The SMILES string of the molecule is CCCc1nccn1C1CC(O)CCC1C. The largest absolute Gasteiger partial charge is 0.393 e. The highest BCUT2D eigenvalue weighted by Crippen LogP contribution is 2.34. The Labute approximate surface area is 97.5 Å². The van der Waals surface area contributed by atoms with Crippen molar-refractivity contribution < 1.29 is 5.11 Å². The van der Waals surface area contributed by atoms with E-state index in [-0.39, 0.29) is 6.10 Å². The minimum Gasteiger partial charge on any atom is -0.393 e. The Kier molecular flexibility index (Phi) is 3.64. The van der Waals surface area contributed by atoms with Crippen LogP contribution in [-0.2, 0) is 6.42 Å². The molecule has 1 aliphatic carbocycles. The van der Waals surface area contributed by atoms with Crippen molar-refractivity contribution in [2.24, 2.45) is 5.92 Å². The Hall–Kier alpha value is -0.830. The molecule has 3 heteroatoms. The zero-order valence-corrected chi connectivity index (χ0v) is 10.3. The molecule has 0 aromatic carbocycles. The van der Waals surface area contributed by atoms with E-state index >= 15 is 0 Å². The van der Waals surface area contributed by atoms with Crippen molar-refractivity contribution in [3.8, 4) is 0 Å². The molecule has 0 radical (unpaired) electrons. The topological polar surface area (TPSA) is 38.0 Å². The first kappa shape index (κ1) is 11.6. The molecule has 1 fully saturated rings. The highest BCUT2D eigenvalue weighted by atomic mass is 16.3. The number of aromatic nitrogens is 2. The van der Waals surface area contributed by atoms with Gasteiger partial charge in [-0.05, 0) is 31.6 Å². The third-order valence-electron chi connectivity index (χ3n) is 3.71. The van der Waals surface area contributed by atoms with E-state index in [4.69, 9.17) is 0 Å². The number of aliphatic hydroxyl groups is 1. The molecule has 0 spiro atoms. The van der Waals surface area contributed by atoms with Gasteiger partial charge in [-0.1, -0.05) is 13.8 Å². The summed E-state index contributed by atoms with van der Waals surface area (Å²) >= 11 is 0. The van der Waals surface area contributed by atoms with Gasteiger partial charge < -0.3 is 9.67 Å². The van der Waals surface area contributed by atoms with E-state index in [2.05, 4.69) is 29.6 Å². The maximum Gasteiger partial charge on any atom is 0.108 e. The molecule has 3 nitrogen and oxygen atoms in total. The Morgan fingerprint density at radius 1 is 1.50 bits per heavy atom. The lowest BCUT2D eigenvalue weighted by molar-refractivity contribution is 0.0769. The molecule has 90 valence electrons. The molecule has 3 atom stereocenters. The first-order chi connectivity index (χ1) is 7.72. The zero-order chi connectivity index (χ0) is 11.5. The number of aryl methyl sites for hydroxylation is 1. The Bertz CT molecular complexity index is 334. The summed E-state index contributed by atoms with van der Waals surface area (Å²) in [5.41, 5.74) is 0. The summed E-state index contributed by atoms with van der Waals surface area (Å²) in [4.78, 5) is 4.42. The highest BCUT2D eigenvalue weighted by Gasteiger charge is 2.28. The molecule has 1 heterocycles. The number of nitrogens with zero attached hydrogens (tertiary/aromatic N) is 2. The number of hydrogen-bond donors (Lipinski definition) is 1. The fraction of sp³-hybridized carbons (Fsp3) is 0.769. The third kappa shape index (κ3) is 2.29. The molecule has 1 N–H and O–H groups in total. The van der Waals surface area contributed by atoms with E-state index in [0.717, 1.165) is 32.1 Å². The average Bonchev–Trinajstić information content (AvgIpc) is 2.70. The number of imidazole rings is 1.